The van der Waals surface area contributed by atoms with E-state index in [1.165, 1.54) is 0 Å². The van der Waals surface area contributed by atoms with E-state index in [-0.39, 0.29) is 23.9 Å². The summed E-state index contributed by atoms with van der Waals surface area (Å²) in [5.74, 6) is -1.06. The zero-order chi connectivity index (χ0) is 21.3. The van der Waals surface area contributed by atoms with Gasteiger partial charge in [-0.05, 0) is 18.1 Å². The van der Waals surface area contributed by atoms with Crippen molar-refractivity contribution in [2.24, 2.45) is 0 Å². The number of hydrogen-bond donors (Lipinski definition) is 2. The van der Waals surface area contributed by atoms with Crippen LogP contribution in [0.25, 0.3) is 0 Å². The Morgan fingerprint density at radius 1 is 1.43 bits per heavy atom. The van der Waals surface area contributed by atoms with Crippen molar-refractivity contribution in [2.45, 2.75) is 63.8 Å². The molecule has 160 valence electrons. The molecule has 9 nitrogen and oxygen atoms in total. The summed E-state index contributed by atoms with van der Waals surface area (Å²) in [5.41, 5.74) is -0.750. The summed E-state index contributed by atoms with van der Waals surface area (Å²) in [5, 5.41) is 2.66. The van der Waals surface area contributed by atoms with Gasteiger partial charge >= 0.3 is 5.69 Å². The molecule has 12 heteroatoms. The first kappa shape index (κ1) is 22.9. The van der Waals surface area contributed by atoms with Gasteiger partial charge in [0.2, 0.25) is 0 Å². The number of aromatic nitrogens is 2. The highest BCUT2D eigenvalue weighted by molar-refractivity contribution is 7.86. The lowest BCUT2D eigenvalue weighted by atomic mass is 10.2. The minimum atomic E-state index is -3.77. The minimum Gasteiger partial charge on any atom is -0.414 e. The van der Waals surface area contributed by atoms with Gasteiger partial charge in [-0.1, -0.05) is 20.8 Å². The maximum absolute atomic E-state index is 13.9. The van der Waals surface area contributed by atoms with E-state index in [1.807, 2.05) is 0 Å². The van der Waals surface area contributed by atoms with Crippen LogP contribution in [0.5, 0.6) is 0 Å². The van der Waals surface area contributed by atoms with Crippen molar-refractivity contribution in [3.05, 3.63) is 22.5 Å². The molecule has 1 aliphatic heterocycles. The molecule has 0 radical (unpaired) electrons. The van der Waals surface area contributed by atoms with E-state index in [9.17, 15) is 17.6 Å². The first-order chi connectivity index (χ1) is 12.7. The van der Waals surface area contributed by atoms with E-state index in [1.54, 1.807) is 0 Å². The summed E-state index contributed by atoms with van der Waals surface area (Å²) in [6, 6.07) is 0. The zero-order valence-electron chi connectivity index (χ0n) is 16.9. The second kappa shape index (κ2) is 8.18. The molecule has 0 aromatic carbocycles. The highest BCUT2D eigenvalue weighted by Crippen LogP contribution is 2.37. The van der Waals surface area contributed by atoms with Crippen LogP contribution in [-0.4, -0.2) is 58.0 Å². The van der Waals surface area contributed by atoms with E-state index >= 15 is 0 Å². The number of anilines is 1. The number of halogens is 1. The molecule has 1 aromatic rings. The van der Waals surface area contributed by atoms with Crippen molar-refractivity contribution in [3.63, 3.8) is 0 Å². The molecule has 2 N–H and O–H groups in total. The average Bonchev–Trinajstić information content (AvgIpc) is 2.88. The Hall–Kier alpha value is -1.34. The fourth-order valence-corrected chi connectivity index (χ4v) is 4.09. The van der Waals surface area contributed by atoms with Crippen LogP contribution >= 0.6 is 0 Å². The molecule has 0 saturated carbocycles. The first-order valence-electron chi connectivity index (χ1n) is 8.87. The third kappa shape index (κ3) is 6.08. The van der Waals surface area contributed by atoms with Gasteiger partial charge < -0.3 is 14.5 Å². The molecule has 0 spiro atoms. The Balaban J connectivity index is 2.14. The van der Waals surface area contributed by atoms with Gasteiger partial charge in [0.25, 0.3) is 10.1 Å². The highest BCUT2D eigenvalue weighted by atomic mass is 32.2. The van der Waals surface area contributed by atoms with Gasteiger partial charge in [0.1, 0.15) is 11.9 Å². The number of nitrogens with one attached hydrogen (secondary N) is 2. The Labute approximate surface area is 165 Å². The lowest BCUT2D eigenvalue weighted by Crippen LogP contribution is -2.42. The highest BCUT2D eigenvalue weighted by Gasteiger charge is 2.42. The fraction of sp³-hybridized carbons (Fsp3) is 0.750. The molecule has 0 unspecified atom stereocenters. The fourth-order valence-electron chi connectivity index (χ4n) is 2.43. The van der Waals surface area contributed by atoms with Gasteiger partial charge in [0, 0.05) is 6.42 Å². The first-order valence-corrected chi connectivity index (χ1v) is 13.6. The van der Waals surface area contributed by atoms with Crippen LogP contribution in [0.1, 0.15) is 27.2 Å². The average molecular weight is 438 g/mol. The summed E-state index contributed by atoms with van der Waals surface area (Å²) >= 11 is 0. The summed E-state index contributed by atoms with van der Waals surface area (Å²) in [6.45, 7) is 10.8. The Morgan fingerprint density at radius 2 is 2.07 bits per heavy atom. The van der Waals surface area contributed by atoms with Gasteiger partial charge in [0.05, 0.1) is 25.2 Å². The summed E-state index contributed by atoms with van der Waals surface area (Å²) < 4.78 is 54.1. The second-order valence-corrected chi connectivity index (χ2v) is 14.8. The van der Waals surface area contributed by atoms with Gasteiger partial charge in [-0.15, -0.1) is 0 Å². The van der Waals surface area contributed by atoms with Crippen LogP contribution < -0.4 is 11.0 Å². The number of H-pyrrole nitrogens is 1. The van der Waals surface area contributed by atoms with Gasteiger partial charge in [-0.25, -0.2) is 9.18 Å². The van der Waals surface area contributed by atoms with Crippen LogP contribution in [0.15, 0.2) is 11.0 Å². The van der Waals surface area contributed by atoms with E-state index in [0.29, 0.717) is 0 Å². The number of aromatic amines is 1. The SMILES string of the molecule is CC(C)(C)[Si](C)(C)OC[C@H]1C[C@@H](OS(C)(=O)=O)[C@@H](Nc2[nH]c(=O)ncc2F)O1. The number of hydrogen-bond acceptors (Lipinski definition) is 8. The molecule has 0 bridgehead atoms. The van der Waals surface area contributed by atoms with E-state index in [0.717, 1.165) is 12.5 Å². The van der Waals surface area contributed by atoms with Crippen LogP contribution in [0.4, 0.5) is 10.2 Å². The van der Waals surface area contributed by atoms with Crippen molar-refractivity contribution in [3.8, 4) is 0 Å². The topological polar surface area (TPSA) is 120 Å². The van der Waals surface area contributed by atoms with Crippen molar-refractivity contribution < 1.29 is 26.2 Å². The maximum Gasteiger partial charge on any atom is 0.346 e. The number of ether oxygens (including phenoxy) is 1. The molecular formula is C16H28FN3O6SSi. The van der Waals surface area contributed by atoms with Crippen LogP contribution in [0.2, 0.25) is 18.1 Å². The van der Waals surface area contributed by atoms with E-state index in [4.69, 9.17) is 13.3 Å². The Bertz CT molecular complexity index is 855. The maximum atomic E-state index is 13.9. The minimum absolute atomic E-state index is 0.00552. The molecule has 28 heavy (non-hydrogen) atoms. The molecule has 1 aliphatic rings. The molecule has 3 atom stereocenters. The third-order valence-corrected chi connectivity index (χ3v) is 10.1. The summed E-state index contributed by atoms with van der Waals surface area (Å²) in [7, 11) is -5.80. The van der Waals surface area contributed by atoms with Crippen LogP contribution in [0, 0.1) is 5.82 Å². The summed E-state index contributed by atoms with van der Waals surface area (Å²) in [4.78, 5) is 16.8. The van der Waals surface area contributed by atoms with Gasteiger partial charge in [0.15, 0.2) is 20.4 Å². The number of nitrogens with zero attached hydrogens (tertiary/aromatic N) is 1. The molecule has 2 heterocycles. The predicted molar refractivity (Wildman–Crippen MR) is 105 cm³/mol. The predicted octanol–water partition coefficient (Wildman–Crippen LogP) is 1.80. The molecule has 0 aliphatic carbocycles. The largest absolute Gasteiger partial charge is 0.414 e. The molecule has 1 aromatic heterocycles. The van der Waals surface area contributed by atoms with Crippen molar-refractivity contribution in [1.29, 1.82) is 0 Å². The van der Waals surface area contributed by atoms with Crippen molar-refractivity contribution >= 4 is 24.3 Å². The molecular weight excluding hydrogens is 409 g/mol. The standard InChI is InChI=1S/C16H28FN3O6SSi/c1-16(2,3)28(5,6)24-9-10-7-12(26-27(4,22)23)14(25-10)19-13-11(17)8-18-15(21)20-13/h8,10,12,14H,7,9H2,1-6H3,(H2,18,19,20,21)/t10-,12-,14+/m1/s1. The van der Waals surface area contributed by atoms with Crippen molar-refractivity contribution in [1.82, 2.24) is 9.97 Å². The lowest BCUT2D eigenvalue weighted by molar-refractivity contribution is 0.0121. The molecule has 1 fully saturated rings. The van der Waals surface area contributed by atoms with E-state index < -0.39 is 48.4 Å². The van der Waals surface area contributed by atoms with Crippen molar-refractivity contribution in [2.75, 3.05) is 18.2 Å². The summed E-state index contributed by atoms with van der Waals surface area (Å²) in [6.07, 6.45) is -0.417. The van der Waals surface area contributed by atoms with Gasteiger partial charge in [-0.3, -0.25) is 9.17 Å². The third-order valence-electron chi connectivity index (χ3n) is 4.96. The molecule has 0 amide bonds. The van der Waals surface area contributed by atoms with Crippen LogP contribution in [0.3, 0.4) is 0 Å². The monoisotopic (exact) mass is 437 g/mol. The quantitative estimate of drug-likeness (QED) is 0.489. The molecule has 1 saturated heterocycles. The zero-order valence-corrected chi connectivity index (χ0v) is 18.7. The Morgan fingerprint density at radius 3 is 2.64 bits per heavy atom. The van der Waals surface area contributed by atoms with Gasteiger partial charge in [-0.2, -0.15) is 13.4 Å². The van der Waals surface area contributed by atoms with Crippen LogP contribution in [-0.2, 0) is 23.5 Å². The smallest absolute Gasteiger partial charge is 0.346 e. The second-order valence-electron chi connectivity index (χ2n) is 8.38. The lowest BCUT2D eigenvalue weighted by Gasteiger charge is -2.36. The molecule has 2 rings (SSSR count). The number of rotatable bonds is 7. The van der Waals surface area contributed by atoms with E-state index in [2.05, 4.69) is 49.1 Å². The normalized spacial score (nSPS) is 23.8. The Kier molecular flexibility index (Phi) is 6.71.